The molecule has 0 spiro atoms. The molecule has 0 aliphatic heterocycles. The molecule has 0 N–H and O–H groups in total. The number of rotatable bonds is 4. The van der Waals surface area contributed by atoms with E-state index < -0.39 is 0 Å². The molecule has 0 aliphatic rings. The van der Waals surface area contributed by atoms with E-state index in [9.17, 15) is 4.79 Å². The summed E-state index contributed by atoms with van der Waals surface area (Å²) in [5.74, 6) is 0.0618. The van der Waals surface area contributed by atoms with E-state index in [4.69, 9.17) is 16.9 Å². The van der Waals surface area contributed by atoms with Crippen LogP contribution in [0.15, 0.2) is 24.3 Å². The highest BCUT2D eigenvalue weighted by molar-refractivity contribution is 6.30. The molecule has 0 fully saturated rings. The Morgan fingerprint density at radius 3 is 2.39 bits per heavy atom. The van der Waals surface area contributed by atoms with Crippen LogP contribution in [-0.4, -0.2) is 23.9 Å². The lowest BCUT2D eigenvalue weighted by molar-refractivity contribution is -0.130. The van der Waals surface area contributed by atoms with Crippen LogP contribution in [0.5, 0.6) is 0 Å². The zero-order chi connectivity index (χ0) is 13.7. The summed E-state index contributed by atoms with van der Waals surface area (Å²) < 4.78 is 0. The van der Waals surface area contributed by atoms with E-state index in [0.29, 0.717) is 11.4 Å². The summed E-state index contributed by atoms with van der Waals surface area (Å²) in [7, 11) is 1.67. The summed E-state index contributed by atoms with van der Waals surface area (Å²) >= 11 is 5.79. The first-order chi connectivity index (χ1) is 8.45. The van der Waals surface area contributed by atoms with Crippen LogP contribution < -0.4 is 0 Å². The van der Waals surface area contributed by atoms with Gasteiger partial charge in [0.15, 0.2) is 0 Å². The number of carbonyl (C=O) groups excluding carboxylic acids is 1. The van der Waals surface area contributed by atoms with Crippen LogP contribution in [0.25, 0.3) is 0 Å². The first kappa shape index (κ1) is 14.5. The Labute approximate surface area is 113 Å². The van der Waals surface area contributed by atoms with Gasteiger partial charge in [-0.05, 0) is 23.6 Å². The summed E-state index contributed by atoms with van der Waals surface area (Å²) in [5, 5.41) is 9.71. The molecule has 1 atom stereocenters. The molecule has 18 heavy (non-hydrogen) atoms. The third-order valence-corrected chi connectivity index (χ3v) is 3.09. The fourth-order valence-electron chi connectivity index (χ4n) is 1.74. The Balaban J connectivity index is 2.71. The fraction of sp³-hybridized carbons (Fsp3) is 0.429. The number of nitrogens with zero attached hydrogens (tertiary/aromatic N) is 2. The van der Waals surface area contributed by atoms with Crippen LogP contribution in [0.4, 0.5) is 0 Å². The summed E-state index contributed by atoms with van der Waals surface area (Å²) in [4.78, 5) is 13.6. The monoisotopic (exact) mass is 264 g/mol. The van der Waals surface area contributed by atoms with Gasteiger partial charge in [0.2, 0.25) is 5.91 Å². The summed E-state index contributed by atoms with van der Waals surface area (Å²) in [5.41, 5.74) is 0.900. The Morgan fingerprint density at radius 2 is 1.94 bits per heavy atom. The van der Waals surface area contributed by atoms with Gasteiger partial charge in [-0.3, -0.25) is 4.79 Å². The van der Waals surface area contributed by atoms with Crippen LogP contribution >= 0.6 is 11.6 Å². The molecule has 1 aromatic carbocycles. The van der Waals surface area contributed by atoms with Gasteiger partial charge in [0.25, 0.3) is 0 Å². The molecular formula is C14H17ClN2O. The first-order valence-electron chi connectivity index (χ1n) is 5.85. The standard InChI is InChI=1S/C14H17ClN2O/c1-10(2)13(9-16)17(3)14(18)8-11-4-6-12(15)7-5-11/h4-7,10,13H,8H2,1-3H3. The van der Waals surface area contributed by atoms with Crippen molar-refractivity contribution in [2.75, 3.05) is 7.05 Å². The van der Waals surface area contributed by atoms with Gasteiger partial charge in [-0.1, -0.05) is 37.6 Å². The number of benzene rings is 1. The normalized spacial score (nSPS) is 12.0. The highest BCUT2D eigenvalue weighted by Gasteiger charge is 2.22. The topological polar surface area (TPSA) is 44.1 Å². The summed E-state index contributed by atoms with van der Waals surface area (Å²) in [6.45, 7) is 3.86. The maximum absolute atomic E-state index is 12.0. The number of nitriles is 1. The molecular weight excluding hydrogens is 248 g/mol. The molecule has 1 amide bonds. The van der Waals surface area contributed by atoms with E-state index in [1.54, 1.807) is 19.2 Å². The Morgan fingerprint density at radius 1 is 1.39 bits per heavy atom. The van der Waals surface area contributed by atoms with Crippen molar-refractivity contribution in [1.82, 2.24) is 4.90 Å². The summed E-state index contributed by atoms with van der Waals surface area (Å²) in [6, 6.07) is 8.94. The third-order valence-electron chi connectivity index (χ3n) is 2.84. The second-order valence-corrected chi connectivity index (χ2v) is 5.06. The number of hydrogen-bond acceptors (Lipinski definition) is 2. The number of carbonyl (C=O) groups is 1. The number of amides is 1. The fourth-order valence-corrected chi connectivity index (χ4v) is 1.87. The van der Waals surface area contributed by atoms with Crippen molar-refractivity contribution in [2.24, 2.45) is 5.92 Å². The molecule has 0 radical (unpaired) electrons. The lowest BCUT2D eigenvalue weighted by Crippen LogP contribution is -2.40. The zero-order valence-corrected chi connectivity index (χ0v) is 11.6. The second-order valence-electron chi connectivity index (χ2n) is 4.63. The molecule has 1 unspecified atom stereocenters. The number of hydrogen-bond donors (Lipinski definition) is 0. The van der Waals surface area contributed by atoms with Crippen molar-refractivity contribution in [3.63, 3.8) is 0 Å². The first-order valence-corrected chi connectivity index (χ1v) is 6.23. The van der Waals surface area contributed by atoms with Crippen molar-refractivity contribution < 1.29 is 4.79 Å². The molecule has 96 valence electrons. The molecule has 4 heteroatoms. The van der Waals surface area contributed by atoms with Gasteiger partial charge in [0, 0.05) is 12.1 Å². The lowest BCUT2D eigenvalue weighted by atomic mass is 10.0. The van der Waals surface area contributed by atoms with E-state index in [0.717, 1.165) is 5.56 Å². The van der Waals surface area contributed by atoms with E-state index in [1.807, 2.05) is 26.0 Å². The van der Waals surface area contributed by atoms with Gasteiger partial charge >= 0.3 is 0 Å². The van der Waals surface area contributed by atoms with Gasteiger partial charge in [-0.15, -0.1) is 0 Å². The third kappa shape index (κ3) is 3.75. The molecule has 0 bridgehead atoms. The predicted octanol–water partition coefficient (Wildman–Crippen LogP) is 2.89. The minimum absolute atomic E-state index is 0.0578. The van der Waals surface area contributed by atoms with Crippen LogP contribution in [0.3, 0.4) is 0 Å². The van der Waals surface area contributed by atoms with Gasteiger partial charge in [0.1, 0.15) is 6.04 Å². The zero-order valence-electron chi connectivity index (χ0n) is 10.9. The lowest BCUT2D eigenvalue weighted by Gasteiger charge is -2.25. The smallest absolute Gasteiger partial charge is 0.227 e. The van der Waals surface area contributed by atoms with E-state index in [2.05, 4.69) is 6.07 Å². The number of likely N-dealkylation sites (N-methyl/N-ethyl adjacent to an activating group) is 1. The highest BCUT2D eigenvalue weighted by Crippen LogP contribution is 2.13. The van der Waals surface area contributed by atoms with Crippen molar-refractivity contribution >= 4 is 17.5 Å². The average Bonchev–Trinajstić information content (AvgIpc) is 2.32. The molecule has 0 aliphatic carbocycles. The van der Waals surface area contributed by atoms with Crippen molar-refractivity contribution in [3.05, 3.63) is 34.9 Å². The maximum Gasteiger partial charge on any atom is 0.227 e. The van der Waals surface area contributed by atoms with Crippen molar-refractivity contribution in [1.29, 1.82) is 5.26 Å². The van der Waals surface area contributed by atoms with E-state index in [-0.39, 0.29) is 17.9 Å². The molecule has 1 rings (SSSR count). The van der Waals surface area contributed by atoms with Gasteiger partial charge in [-0.2, -0.15) is 5.26 Å². The molecule has 0 aromatic heterocycles. The number of halogens is 1. The quantitative estimate of drug-likeness (QED) is 0.839. The van der Waals surface area contributed by atoms with Crippen LogP contribution in [0, 0.1) is 17.2 Å². The average molecular weight is 265 g/mol. The highest BCUT2D eigenvalue weighted by atomic mass is 35.5. The van der Waals surface area contributed by atoms with Crippen molar-refractivity contribution in [3.8, 4) is 6.07 Å². The van der Waals surface area contributed by atoms with Crippen LogP contribution in [-0.2, 0) is 11.2 Å². The molecule has 0 saturated carbocycles. The molecule has 3 nitrogen and oxygen atoms in total. The van der Waals surface area contributed by atoms with E-state index in [1.165, 1.54) is 4.90 Å². The van der Waals surface area contributed by atoms with Gasteiger partial charge in [-0.25, -0.2) is 0 Å². The Kier molecular flexibility index (Phi) is 5.18. The summed E-state index contributed by atoms with van der Waals surface area (Å²) in [6.07, 6.45) is 0.290. The van der Waals surface area contributed by atoms with Crippen LogP contribution in [0.2, 0.25) is 5.02 Å². The van der Waals surface area contributed by atoms with Crippen molar-refractivity contribution in [2.45, 2.75) is 26.3 Å². The Hall–Kier alpha value is -1.53. The minimum atomic E-state index is -0.384. The predicted molar refractivity (Wildman–Crippen MR) is 72.2 cm³/mol. The van der Waals surface area contributed by atoms with Gasteiger partial charge < -0.3 is 4.90 Å². The second kappa shape index (κ2) is 6.42. The van der Waals surface area contributed by atoms with Gasteiger partial charge in [0.05, 0.1) is 12.5 Å². The minimum Gasteiger partial charge on any atom is -0.329 e. The molecule has 1 aromatic rings. The molecule has 0 saturated heterocycles. The largest absolute Gasteiger partial charge is 0.329 e. The van der Waals surface area contributed by atoms with Crippen LogP contribution in [0.1, 0.15) is 19.4 Å². The SMILES string of the molecule is CC(C)C(C#N)N(C)C(=O)Cc1ccc(Cl)cc1. The van der Waals surface area contributed by atoms with E-state index >= 15 is 0 Å². The molecule has 0 heterocycles. The Bertz CT molecular complexity index is 448. The maximum atomic E-state index is 12.0.